The van der Waals surface area contributed by atoms with E-state index in [0.717, 1.165) is 32.2 Å². The van der Waals surface area contributed by atoms with Gasteiger partial charge in [0.15, 0.2) is 0 Å². The third-order valence-electron chi connectivity index (χ3n) is 7.07. The molecule has 4 rings (SSSR count). The summed E-state index contributed by atoms with van der Waals surface area (Å²) >= 11 is 6.37. The fraction of sp³-hybridized carbons (Fsp3) is 0.944. The van der Waals surface area contributed by atoms with Gasteiger partial charge in [0.1, 0.15) is 5.38 Å². The summed E-state index contributed by atoms with van der Waals surface area (Å²) in [6.45, 7) is 4.19. The average Bonchev–Trinajstić information content (AvgIpc) is 3.05. The van der Waals surface area contributed by atoms with Crippen molar-refractivity contribution in [2.45, 2.75) is 75.0 Å². The maximum Gasteiger partial charge on any atom is 0.253 e. The average molecular weight is 421 g/mol. The first-order valence-corrected chi connectivity index (χ1v) is 10.9. The van der Waals surface area contributed by atoms with Crippen LogP contribution in [0.5, 0.6) is 0 Å². The van der Waals surface area contributed by atoms with E-state index in [9.17, 15) is 13.6 Å². The number of fused-ring (bicyclic) bond motifs is 1. The highest BCUT2D eigenvalue weighted by atomic mass is 35.5. The van der Waals surface area contributed by atoms with Gasteiger partial charge in [0, 0.05) is 43.7 Å². The SMILES string of the molecule is C[C@@H]1CC2C(CN1C1CNNC(=O)C1Cl)NNN2CC1CCCCC1C(F)F. The zero-order chi connectivity index (χ0) is 19.8. The first-order valence-electron chi connectivity index (χ1n) is 10.4. The third-order valence-corrected chi connectivity index (χ3v) is 7.56. The predicted molar refractivity (Wildman–Crippen MR) is 102 cm³/mol. The van der Waals surface area contributed by atoms with E-state index in [4.69, 9.17) is 11.6 Å². The normalized spacial score (nSPS) is 43.2. The van der Waals surface area contributed by atoms with E-state index in [1.165, 1.54) is 0 Å². The van der Waals surface area contributed by atoms with Gasteiger partial charge in [-0.3, -0.25) is 15.1 Å². The van der Waals surface area contributed by atoms with Gasteiger partial charge in [0.25, 0.3) is 5.91 Å². The molecule has 3 heterocycles. The van der Waals surface area contributed by atoms with Crippen LogP contribution in [-0.2, 0) is 4.79 Å². The van der Waals surface area contributed by atoms with Crippen LogP contribution in [0.15, 0.2) is 0 Å². The van der Waals surface area contributed by atoms with Crippen molar-refractivity contribution in [3.63, 3.8) is 0 Å². The molecule has 4 aliphatic rings. The van der Waals surface area contributed by atoms with E-state index in [2.05, 4.69) is 38.6 Å². The van der Waals surface area contributed by atoms with E-state index in [0.29, 0.717) is 19.5 Å². The summed E-state index contributed by atoms with van der Waals surface area (Å²) in [6.07, 6.45) is 2.14. The minimum absolute atomic E-state index is 0.0357. The molecule has 3 aliphatic heterocycles. The summed E-state index contributed by atoms with van der Waals surface area (Å²) in [6, 6.07) is 0.620. The van der Waals surface area contributed by atoms with Gasteiger partial charge in [-0.2, -0.15) is 5.53 Å². The van der Waals surface area contributed by atoms with Gasteiger partial charge in [0.2, 0.25) is 6.43 Å². The number of alkyl halides is 3. The van der Waals surface area contributed by atoms with Gasteiger partial charge in [0.05, 0.1) is 6.04 Å². The van der Waals surface area contributed by atoms with Crippen LogP contribution in [0.1, 0.15) is 39.0 Å². The molecule has 160 valence electrons. The molecule has 1 aliphatic carbocycles. The van der Waals surface area contributed by atoms with Crippen LogP contribution >= 0.6 is 11.6 Å². The van der Waals surface area contributed by atoms with Crippen molar-refractivity contribution in [1.29, 1.82) is 0 Å². The van der Waals surface area contributed by atoms with E-state index < -0.39 is 17.7 Å². The lowest BCUT2D eigenvalue weighted by molar-refractivity contribution is -0.125. The summed E-state index contributed by atoms with van der Waals surface area (Å²) in [5, 5.41) is 1.56. The summed E-state index contributed by atoms with van der Waals surface area (Å²) in [4.78, 5) is 14.2. The molecule has 7 atom stereocenters. The lowest BCUT2D eigenvalue weighted by Gasteiger charge is -2.47. The molecule has 0 aromatic carbocycles. The topological polar surface area (TPSA) is 71.7 Å². The zero-order valence-corrected chi connectivity index (χ0v) is 17.0. The summed E-state index contributed by atoms with van der Waals surface area (Å²) in [5.74, 6) is -0.647. The first-order chi connectivity index (χ1) is 13.5. The second kappa shape index (κ2) is 8.65. The number of nitrogens with zero attached hydrogens (tertiary/aromatic N) is 2. The van der Waals surface area contributed by atoms with Crippen LogP contribution < -0.4 is 21.8 Å². The number of hydrogen-bond donors (Lipinski definition) is 4. The van der Waals surface area contributed by atoms with Crippen LogP contribution in [0.2, 0.25) is 0 Å². The van der Waals surface area contributed by atoms with E-state index in [1.807, 2.05) is 0 Å². The number of hydrogen-bond acceptors (Lipinski definition) is 6. The minimum Gasteiger partial charge on any atom is -0.293 e. The maximum atomic E-state index is 13.5. The highest BCUT2D eigenvalue weighted by Crippen LogP contribution is 2.36. The molecule has 0 radical (unpaired) electrons. The molecule has 6 unspecified atom stereocenters. The highest BCUT2D eigenvalue weighted by Gasteiger charge is 2.47. The molecule has 4 N–H and O–H groups in total. The third kappa shape index (κ3) is 4.02. The fourth-order valence-corrected chi connectivity index (χ4v) is 5.77. The van der Waals surface area contributed by atoms with Crippen molar-refractivity contribution in [2.24, 2.45) is 11.8 Å². The quantitative estimate of drug-likeness (QED) is 0.505. The van der Waals surface area contributed by atoms with Crippen molar-refractivity contribution in [2.75, 3.05) is 19.6 Å². The lowest BCUT2D eigenvalue weighted by Crippen LogP contribution is -2.67. The van der Waals surface area contributed by atoms with Gasteiger partial charge < -0.3 is 0 Å². The molecule has 0 bridgehead atoms. The Hall–Kier alpha value is -0.580. The smallest absolute Gasteiger partial charge is 0.253 e. The molecule has 0 aromatic heterocycles. The Bertz CT molecular complexity index is 572. The van der Waals surface area contributed by atoms with Gasteiger partial charge in [-0.25, -0.2) is 24.6 Å². The van der Waals surface area contributed by atoms with Gasteiger partial charge in [-0.15, -0.1) is 11.6 Å². The lowest BCUT2D eigenvalue weighted by atomic mass is 9.79. The monoisotopic (exact) mass is 420 g/mol. The molecular weight excluding hydrogens is 390 g/mol. The van der Waals surface area contributed by atoms with Crippen LogP contribution in [0.25, 0.3) is 0 Å². The Kier molecular flexibility index (Phi) is 6.39. The number of nitrogens with one attached hydrogen (secondary N) is 4. The van der Waals surface area contributed by atoms with Crippen molar-refractivity contribution in [1.82, 2.24) is 31.7 Å². The number of rotatable bonds is 4. The Morgan fingerprint density at radius 3 is 2.82 bits per heavy atom. The van der Waals surface area contributed by atoms with Gasteiger partial charge in [-0.05, 0) is 32.1 Å². The maximum absolute atomic E-state index is 13.5. The number of carbonyl (C=O) groups is 1. The summed E-state index contributed by atoms with van der Waals surface area (Å²) in [5.41, 5.74) is 12.1. The summed E-state index contributed by atoms with van der Waals surface area (Å²) < 4.78 is 26.9. The number of hydrazine groups is 3. The number of carbonyl (C=O) groups excluding carboxylic acids is 1. The van der Waals surface area contributed by atoms with E-state index in [1.54, 1.807) is 0 Å². The highest BCUT2D eigenvalue weighted by molar-refractivity contribution is 6.31. The number of piperidine rings is 1. The molecule has 1 amide bonds. The standard InChI is InChI=1S/C18H31ClF2N6O/c1-10-6-14-13(9-26(10)15-7-22-24-18(28)16(15)19)23-25-27(14)8-11-4-2-3-5-12(11)17(20)21/h10-17,22-23,25H,2-9H2,1H3,(H,24,28)/t10-,11?,12?,13?,14?,15?,16?/m1/s1. The molecule has 4 fully saturated rings. The Morgan fingerprint density at radius 1 is 1.25 bits per heavy atom. The fourth-order valence-electron chi connectivity index (χ4n) is 5.48. The van der Waals surface area contributed by atoms with Gasteiger partial charge >= 0.3 is 0 Å². The molecule has 7 nitrogen and oxygen atoms in total. The molecule has 10 heteroatoms. The molecule has 28 heavy (non-hydrogen) atoms. The van der Waals surface area contributed by atoms with E-state index >= 15 is 0 Å². The molecule has 3 saturated heterocycles. The van der Waals surface area contributed by atoms with Crippen molar-refractivity contribution < 1.29 is 13.6 Å². The molecule has 0 aromatic rings. The van der Waals surface area contributed by atoms with Crippen molar-refractivity contribution in [3.05, 3.63) is 0 Å². The summed E-state index contributed by atoms with van der Waals surface area (Å²) in [7, 11) is 0. The van der Waals surface area contributed by atoms with Crippen molar-refractivity contribution in [3.8, 4) is 0 Å². The first kappa shape index (κ1) is 20.7. The minimum atomic E-state index is -2.23. The molecule has 0 spiro atoms. The van der Waals surface area contributed by atoms with Crippen LogP contribution in [0.3, 0.4) is 0 Å². The Morgan fingerprint density at radius 2 is 2.04 bits per heavy atom. The van der Waals surface area contributed by atoms with Crippen LogP contribution in [-0.4, -0.2) is 71.4 Å². The van der Waals surface area contributed by atoms with E-state index in [-0.39, 0.29) is 36.0 Å². The predicted octanol–water partition coefficient (Wildman–Crippen LogP) is 0.825. The number of halogens is 3. The molecule has 1 saturated carbocycles. The largest absolute Gasteiger partial charge is 0.293 e. The Labute approximate surface area is 169 Å². The van der Waals surface area contributed by atoms with Crippen LogP contribution in [0.4, 0.5) is 8.78 Å². The van der Waals surface area contributed by atoms with Gasteiger partial charge in [-0.1, -0.05) is 12.8 Å². The molecular formula is C18H31ClF2N6O. The zero-order valence-electron chi connectivity index (χ0n) is 16.2. The Balaban J connectivity index is 1.39. The number of amides is 1. The number of likely N-dealkylation sites (tertiary alicyclic amines) is 1. The second-order valence-electron chi connectivity index (χ2n) is 8.75. The van der Waals surface area contributed by atoms with Crippen LogP contribution in [0, 0.1) is 11.8 Å². The second-order valence-corrected chi connectivity index (χ2v) is 9.22. The van der Waals surface area contributed by atoms with Crippen molar-refractivity contribution >= 4 is 17.5 Å².